The van der Waals surface area contributed by atoms with Crippen LogP contribution in [0.15, 0.2) is 35.7 Å². The van der Waals surface area contributed by atoms with Crippen LogP contribution in [0.25, 0.3) is 0 Å². The zero-order chi connectivity index (χ0) is 26.3. The van der Waals surface area contributed by atoms with E-state index in [2.05, 4.69) is 101 Å². The van der Waals surface area contributed by atoms with Gasteiger partial charge in [0.15, 0.2) is 0 Å². The summed E-state index contributed by atoms with van der Waals surface area (Å²) in [5, 5.41) is 0. The molecule has 0 bridgehead atoms. The molecule has 2 saturated heterocycles. The number of rotatable bonds is 0. The zero-order valence-electron chi connectivity index (χ0n) is 25.1. The van der Waals surface area contributed by atoms with Crippen molar-refractivity contribution in [2.24, 2.45) is 11.8 Å². The Morgan fingerprint density at radius 1 is 0.622 bits per heavy atom. The van der Waals surface area contributed by atoms with E-state index in [1.165, 1.54) is 58.0 Å². The molecule has 1 saturated carbocycles. The fourth-order valence-corrected chi connectivity index (χ4v) is 6.51. The molecule has 0 radical (unpaired) electrons. The Labute approximate surface area is 230 Å². The molecule has 2 atom stereocenters. The second-order valence-electron chi connectivity index (χ2n) is 15.0. The van der Waals surface area contributed by atoms with E-state index in [0.29, 0.717) is 11.1 Å². The molecule has 2 unspecified atom stereocenters. The van der Waals surface area contributed by atoms with Crippen LogP contribution >= 0.6 is 0 Å². The number of fused-ring (bicyclic) bond motifs is 3. The highest BCUT2D eigenvalue weighted by Gasteiger charge is 2.39. The third kappa shape index (κ3) is 7.41. The van der Waals surface area contributed by atoms with Gasteiger partial charge in [0.1, 0.15) is 0 Å². The molecule has 0 aromatic carbocycles. The van der Waals surface area contributed by atoms with Crippen LogP contribution in [0.1, 0.15) is 113 Å². The molecule has 3 fully saturated rings. The first-order valence-electron chi connectivity index (χ1n) is 14.8. The fourth-order valence-electron chi connectivity index (χ4n) is 6.51. The Morgan fingerprint density at radius 3 is 1.49 bits per heavy atom. The van der Waals surface area contributed by atoms with Crippen molar-refractivity contribution in [3.8, 4) is 0 Å². The van der Waals surface area contributed by atoms with Crippen LogP contribution in [-0.4, -0.2) is 51.6 Å². The van der Waals surface area contributed by atoms with E-state index in [-0.39, 0.29) is 13.0 Å². The lowest BCUT2D eigenvalue weighted by Crippen LogP contribution is -2.39. The summed E-state index contributed by atoms with van der Waals surface area (Å²) in [5.74, 6) is 2.09. The van der Waals surface area contributed by atoms with Crippen molar-refractivity contribution in [3.05, 3.63) is 46.8 Å². The Kier molecular flexibility index (Phi) is 9.33. The molecular weight excluding hydrogens is 450 g/mol. The molecule has 6 rings (SSSR count). The van der Waals surface area contributed by atoms with Crippen LogP contribution in [-0.2, 0) is 18.4 Å². The Bertz CT molecular complexity index is 903. The summed E-state index contributed by atoms with van der Waals surface area (Å²) >= 11 is 0. The number of hydrogen-bond acceptors (Lipinski definition) is 2. The second-order valence-corrected chi connectivity index (χ2v) is 15.0. The van der Waals surface area contributed by atoms with Gasteiger partial charge < -0.3 is 4.57 Å². The van der Waals surface area contributed by atoms with Crippen LogP contribution in [0, 0.1) is 11.8 Å². The zero-order valence-corrected chi connectivity index (χ0v) is 25.1. The molecule has 2 aliphatic heterocycles. The maximum atomic E-state index is 2.67. The van der Waals surface area contributed by atoms with Crippen molar-refractivity contribution in [2.45, 2.75) is 131 Å². The Balaban J connectivity index is 0.000000152. The van der Waals surface area contributed by atoms with E-state index >= 15 is 0 Å². The number of hydrogen-bond donors (Lipinski definition) is 0. The molecular formula is C34H59N3. The highest BCUT2D eigenvalue weighted by atomic mass is 15.2. The van der Waals surface area contributed by atoms with Gasteiger partial charge in [-0.1, -0.05) is 26.0 Å². The maximum absolute atomic E-state index is 2.67. The monoisotopic (exact) mass is 509 g/mol. The molecule has 3 nitrogen and oxygen atoms in total. The molecule has 5 aliphatic rings. The van der Waals surface area contributed by atoms with Crippen molar-refractivity contribution < 1.29 is 0 Å². The largest absolute Gasteiger partial charge is 0.349 e. The predicted octanol–water partition coefficient (Wildman–Crippen LogP) is 8.24. The van der Waals surface area contributed by atoms with Gasteiger partial charge in [-0.3, -0.25) is 9.80 Å². The number of nitrogens with zero attached hydrogens (tertiary/aromatic N) is 3. The van der Waals surface area contributed by atoms with Crippen molar-refractivity contribution in [1.29, 1.82) is 0 Å². The van der Waals surface area contributed by atoms with Crippen LogP contribution in [0.4, 0.5) is 0 Å². The van der Waals surface area contributed by atoms with Gasteiger partial charge in [0.25, 0.3) is 0 Å². The minimum atomic E-state index is 0. The summed E-state index contributed by atoms with van der Waals surface area (Å²) in [5.41, 5.74) is 7.28. The molecule has 3 heteroatoms. The van der Waals surface area contributed by atoms with E-state index in [1.807, 2.05) is 0 Å². The molecule has 210 valence electrons. The topological polar surface area (TPSA) is 11.4 Å². The van der Waals surface area contributed by atoms with Crippen molar-refractivity contribution in [3.63, 3.8) is 0 Å². The molecule has 0 amide bonds. The minimum absolute atomic E-state index is 0. The highest BCUT2D eigenvalue weighted by Crippen LogP contribution is 2.40. The second kappa shape index (κ2) is 11.4. The van der Waals surface area contributed by atoms with Gasteiger partial charge in [0.2, 0.25) is 0 Å². The lowest BCUT2D eigenvalue weighted by atomic mass is 10.0. The summed E-state index contributed by atoms with van der Waals surface area (Å²) in [6.45, 7) is 25.7. The Hall–Kier alpha value is -1.32. The van der Waals surface area contributed by atoms with E-state index in [0.717, 1.165) is 24.9 Å². The van der Waals surface area contributed by atoms with Gasteiger partial charge in [0.05, 0.1) is 0 Å². The first-order chi connectivity index (χ1) is 16.7. The molecule has 3 heterocycles. The lowest BCUT2D eigenvalue weighted by Gasteiger charge is -2.32. The van der Waals surface area contributed by atoms with Gasteiger partial charge in [-0.05, 0) is 135 Å². The van der Waals surface area contributed by atoms with Gasteiger partial charge >= 0.3 is 0 Å². The van der Waals surface area contributed by atoms with Crippen molar-refractivity contribution in [1.82, 2.24) is 14.4 Å². The predicted molar refractivity (Wildman–Crippen MR) is 162 cm³/mol. The fraction of sp³-hybridized carbons (Fsp3) is 0.765. The minimum Gasteiger partial charge on any atom is -0.349 e. The number of allylic oxidation sites excluding steroid dienone is 2. The first kappa shape index (κ1) is 30.2. The third-order valence-corrected chi connectivity index (χ3v) is 9.16. The SMILES string of the molecule is C.CC(C)(C)N1CC2=CCC=C2C1.CC(C)(C)N1CC2CCCC2C1.CC(C)(C)n1cc2c(c1)CCC2. The van der Waals surface area contributed by atoms with Crippen LogP contribution < -0.4 is 0 Å². The molecule has 0 spiro atoms. The van der Waals surface area contributed by atoms with Crippen LogP contribution in [0.2, 0.25) is 0 Å². The quantitative estimate of drug-likeness (QED) is 0.349. The van der Waals surface area contributed by atoms with E-state index in [1.54, 1.807) is 22.3 Å². The maximum Gasteiger partial charge on any atom is 0.0355 e. The number of aromatic nitrogens is 1. The summed E-state index contributed by atoms with van der Waals surface area (Å²) < 4.78 is 2.34. The number of aryl methyl sites for hydroxylation is 2. The molecule has 1 aromatic heterocycles. The first-order valence-corrected chi connectivity index (χ1v) is 14.8. The van der Waals surface area contributed by atoms with E-state index in [4.69, 9.17) is 0 Å². The number of likely N-dealkylation sites (tertiary alicyclic amines) is 2. The van der Waals surface area contributed by atoms with E-state index in [9.17, 15) is 0 Å². The summed E-state index contributed by atoms with van der Waals surface area (Å²) in [4.78, 5) is 5.20. The molecule has 0 N–H and O–H groups in total. The van der Waals surface area contributed by atoms with Crippen LogP contribution in [0.5, 0.6) is 0 Å². The van der Waals surface area contributed by atoms with Crippen molar-refractivity contribution in [2.75, 3.05) is 26.2 Å². The normalized spacial score (nSPS) is 25.2. The van der Waals surface area contributed by atoms with Gasteiger partial charge in [-0.25, -0.2) is 0 Å². The summed E-state index contributed by atoms with van der Waals surface area (Å²) in [6, 6.07) is 0. The lowest BCUT2D eigenvalue weighted by molar-refractivity contribution is 0.161. The highest BCUT2D eigenvalue weighted by molar-refractivity contribution is 5.43. The Morgan fingerprint density at radius 2 is 1.08 bits per heavy atom. The molecule has 1 aromatic rings. The average molecular weight is 510 g/mol. The van der Waals surface area contributed by atoms with Gasteiger partial charge in [0, 0.05) is 55.2 Å². The van der Waals surface area contributed by atoms with Gasteiger partial charge in [-0.2, -0.15) is 0 Å². The van der Waals surface area contributed by atoms with Gasteiger partial charge in [-0.15, -0.1) is 0 Å². The summed E-state index contributed by atoms with van der Waals surface area (Å²) in [7, 11) is 0. The average Bonchev–Trinajstić information content (AvgIpc) is 3.54. The van der Waals surface area contributed by atoms with Crippen LogP contribution in [0.3, 0.4) is 0 Å². The molecule has 3 aliphatic carbocycles. The smallest absolute Gasteiger partial charge is 0.0355 e. The molecule has 37 heavy (non-hydrogen) atoms. The third-order valence-electron chi connectivity index (χ3n) is 9.16. The standard InChI is InChI=1S/C11H21N.2C11H17N.CH4/c3*1-11(2,3)12-7-9-5-4-6-10(9)8-12;/h9-10H,4-8H2,1-3H3;7-8H,4-6H2,1-3H3;5-6H,4,7-8H2,1-3H3;1H4. The van der Waals surface area contributed by atoms with E-state index < -0.39 is 0 Å². The van der Waals surface area contributed by atoms with Crippen molar-refractivity contribution >= 4 is 0 Å². The summed E-state index contributed by atoms with van der Waals surface area (Å²) in [6.07, 6.45) is 19.0.